The van der Waals surface area contributed by atoms with Gasteiger partial charge in [-0.3, -0.25) is 5.32 Å². The number of carbonyl (C=O) groups is 1. The molecule has 1 amide bonds. The van der Waals surface area contributed by atoms with Gasteiger partial charge >= 0.3 is 32.0 Å². The van der Waals surface area contributed by atoms with Gasteiger partial charge in [0.15, 0.2) is 5.96 Å². The van der Waals surface area contributed by atoms with Crippen molar-refractivity contribution in [3.8, 4) is 17.1 Å². The molecule has 4 rings (SSSR count). The number of guanidine groups is 1. The molecule has 60 heavy (non-hydrogen) atoms. The van der Waals surface area contributed by atoms with Crippen LogP contribution in [0.3, 0.4) is 0 Å². The average Bonchev–Trinajstić information content (AvgIpc) is 3.20. The molecule has 18 nitrogen and oxygen atoms in total. The van der Waals surface area contributed by atoms with Crippen molar-refractivity contribution in [3.05, 3.63) is 108 Å². The molecule has 3 aromatic carbocycles. The smallest absolute Gasteiger partial charge is 0.442 e. The Morgan fingerprint density at radius 3 is 1.82 bits per heavy atom. The summed E-state index contributed by atoms with van der Waals surface area (Å²) in [5.41, 5.74) is 0.276. The molecule has 0 saturated carbocycles. The van der Waals surface area contributed by atoms with E-state index in [9.17, 15) is 24.0 Å². The van der Waals surface area contributed by atoms with E-state index in [2.05, 4.69) is 15.3 Å². The molecule has 1 aromatic heterocycles. The van der Waals surface area contributed by atoms with E-state index in [1.165, 1.54) is 45.6 Å². The zero-order chi connectivity index (χ0) is 44.3. The molecule has 0 bridgehead atoms. The van der Waals surface area contributed by atoms with Crippen LogP contribution in [-0.2, 0) is 27.5 Å². The highest BCUT2D eigenvalue weighted by Crippen LogP contribution is 2.22. The maximum atomic E-state index is 14.5. The standard InChI is InChI=1S/C41H54N8O10Si/c1-27-13-14-28(2)34(21-27)47-39(52)48(35-22-31(43-26-50)17-15-29(35)3)41(54)49(40(47)53)36-23-32(18-16-30(36)4)44-38(51)59-33(24-42-37(45(5)6)46(7)8)25-58-19-12-20-60(55-9,56-10)57-11/h13-18,21-23,33H,12,19-20,24-25H2,1-11H3,(H,44,51). The molecule has 1 heterocycles. The van der Waals surface area contributed by atoms with Crippen LogP contribution >= 0.6 is 0 Å². The van der Waals surface area contributed by atoms with Gasteiger partial charge in [-0.1, -0.05) is 24.3 Å². The van der Waals surface area contributed by atoms with E-state index in [4.69, 9.17) is 22.8 Å². The lowest BCUT2D eigenvalue weighted by atomic mass is 10.1. The third-order valence-electron chi connectivity index (χ3n) is 9.58. The number of aryl methyl sites for hydroxylation is 4. The first-order valence-corrected chi connectivity index (χ1v) is 20.9. The minimum absolute atomic E-state index is 0.0132. The monoisotopic (exact) mass is 846 g/mol. The summed E-state index contributed by atoms with van der Waals surface area (Å²) in [6.45, 7) is 7.30. The molecule has 0 radical (unpaired) electrons. The number of aliphatic imine (C=N–C) groups is 2. The lowest BCUT2D eigenvalue weighted by Crippen LogP contribution is -2.53. The van der Waals surface area contributed by atoms with Gasteiger partial charge in [-0.05, 0) is 86.7 Å². The fourth-order valence-electron chi connectivity index (χ4n) is 6.46. The van der Waals surface area contributed by atoms with Crippen molar-refractivity contribution in [2.24, 2.45) is 9.98 Å². The number of benzene rings is 3. The zero-order valence-corrected chi connectivity index (χ0v) is 37.0. The molecular weight excluding hydrogens is 793 g/mol. The number of aromatic nitrogens is 3. The average molecular weight is 847 g/mol. The number of hydrogen-bond donors (Lipinski definition) is 1. The van der Waals surface area contributed by atoms with Gasteiger partial charge in [-0.15, -0.1) is 0 Å². The number of nitrogens with one attached hydrogen (secondary N) is 1. The first-order chi connectivity index (χ1) is 28.5. The lowest BCUT2D eigenvalue weighted by Gasteiger charge is -2.25. The molecule has 1 atom stereocenters. The third-order valence-corrected chi connectivity index (χ3v) is 12.4. The Balaban J connectivity index is 1.76. The van der Waals surface area contributed by atoms with Crippen molar-refractivity contribution < 1.29 is 32.3 Å². The summed E-state index contributed by atoms with van der Waals surface area (Å²) in [6.07, 6.45) is 0.367. The summed E-state index contributed by atoms with van der Waals surface area (Å²) in [5.74, 6) is 0.639. The van der Waals surface area contributed by atoms with Gasteiger partial charge in [0.05, 0.1) is 35.9 Å². The van der Waals surface area contributed by atoms with Crippen molar-refractivity contribution in [1.82, 2.24) is 23.5 Å². The van der Waals surface area contributed by atoms with Crippen LogP contribution in [0.2, 0.25) is 6.04 Å². The maximum Gasteiger partial charge on any atom is 0.500 e. The summed E-state index contributed by atoms with van der Waals surface area (Å²) in [5, 5.41) is 2.71. The Morgan fingerprint density at radius 1 is 0.767 bits per heavy atom. The highest BCUT2D eigenvalue weighted by atomic mass is 28.4. The van der Waals surface area contributed by atoms with Crippen molar-refractivity contribution in [1.29, 1.82) is 0 Å². The highest BCUT2D eigenvalue weighted by molar-refractivity contribution is 6.60. The van der Waals surface area contributed by atoms with Crippen molar-refractivity contribution in [2.75, 3.05) is 74.6 Å². The molecule has 322 valence electrons. The molecule has 0 spiro atoms. The second-order valence-corrected chi connectivity index (χ2v) is 17.5. The zero-order valence-electron chi connectivity index (χ0n) is 36.0. The quantitative estimate of drug-likeness (QED) is 0.0529. The van der Waals surface area contributed by atoms with E-state index >= 15 is 0 Å². The number of carbonyl (C=O) groups excluding carboxylic acids is 2. The Kier molecular flexibility index (Phi) is 16.2. The Hall–Kier alpha value is -5.95. The van der Waals surface area contributed by atoms with Crippen molar-refractivity contribution >= 4 is 38.3 Å². The van der Waals surface area contributed by atoms with Crippen LogP contribution in [-0.4, -0.2) is 126 Å². The minimum atomic E-state index is -2.80. The second-order valence-electron chi connectivity index (χ2n) is 14.4. The van der Waals surface area contributed by atoms with Crippen LogP contribution < -0.4 is 22.4 Å². The molecule has 0 saturated heterocycles. The first-order valence-electron chi connectivity index (χ1n) is 19.0. The van der Waals surface area contributed by atoms with Gasteiger partial charge in [-0.2, -0.15) is 4.99 Å². The predicted octanol–water partition coefficient (Wildman–Crippen LogP) is 4.02. The Labute approximate surface area is 349 Å². The second kappa shape index (κ2) is 20.8. The molecule has 0 fully saturated rings. The normalized spacial score (nSPS) is 11.7. The molecule has 4 aromatic rings. The van der Waals surface area contributed by atoms with Gasteiger partial charge < -0.3 is 32.6 Å². The van der Waals surface area contributed by atoms with E-state index in [0.717, 1.165) is 19.3 Å². The molecule has 19 heteroatoms. The lowest BCUT2D eigenvalue weighted by molar-refractivity contribution is 0.0281. The van der Waals surface area contributed by atoms with Gasteiger partial charge in [-0.25, -0.2) is 42.7 Å². The topological polar surface area (TPSA) is 190 Å². The Morgan fingerprint density at radius 2 is 1.28 bits per heavy atom. The number of hydrogen-bond acceptors (Lipinski definition) is 12. The molecule has 0 aliphatic rings. The van der Waals surface area contributed by atoms with E-state index in [0.29, 0.717) is 41.7 Å². The minimum Gasteiger partial charge on any atom is -0.442 e. The van der Waals surface area contributed by atoms with Crippen LogP contribution in [0.25, 0.3) is 17.1 Å². The van der Waals surface area contributed by atoms with Crippen LogP contribution in [0.15, 0.2) is 79.0 Å². The SMILES string of the molecule is CO[Si](CCCOCC(CN=C(N(C)C)N(C)C)OC(=O)Nc1ccc(C)c(-n2c(=O)n(-c3cc(C)ccc3C)c(=O)n(-c3cc(N=C=O)ccc3C)c2=O)c1)(OC)OC. The van der Waals surface area contributed by atoms with Gasteiger partial charge in [0.1, 0.15) is 6.10 Å². The molecule has 1 N–H and O–H groups in total. The number of rotatable bonds is 17. The molecule has 0 aliphatic heterocycles. The van der Waals surface area contributed by atoms with E-state index < -0.39 is 38.1 Å². The summed E-state index contributed by atoms with van der Waals surface area (Å²) >= 11 is 0. The number of amides is 1. The van der Waals surface area contributed by atoms with Gasteiger partial charge in [0.25, 0.3) is 0 Å². The summed E-state index contributed by atoms with van der Waals surface area (Å²) in [4.78, 5) is 80.0. The number of anilines is 1. The number of nitrogens with zero attached hydrogens (tertiary/aromatic N) is 7. The summed E-state index contributed by atoms with van der Waals surface area (Å²) in [7, 11) is 9.20. The van der Waals surface area contributed by atoms with Crippen LogP contribution in [0.5, 0.6) is 0 Å². The van der Waals surface area contributed by atoms with E-state index in [1.54, 1.807) is 51.1 Å². The number of isocyanates is 1. The summed E-state index contributed by atoms with van der Waals surface area (Å²) < 4.78 is 30.9. The Bertz CT molecular complexity index is 2410. The molecule has 1 unspecified atom stereocenters. The summed E-state index contributed by atoms with van der Waals surface area (Å²) in [6, 6.07) is 15.0. The van der Waals surface area contributed by atoms with Gasteiger partial charge in [0, 0.05) is 67.9 Å². The molecule has 0 aliphatic carbocycles. The highest BCUT2D eigenvalue weighted by Gasteiger charge is 2.37. The van der Waals surface area contributed by atoms with Crippen molar-refractivity contribution in [3.63, 3.8) is 0 Å². The molecular formula is C41H54N8O10Si. The maximum absolute atomic E-state index is 14.5. The van der Waals surface area contributed by atoms with Crippen molar-refractivity contribution in [2.45, 2.75) is 46.3 Å². The van der Waals surface area contributed by atoms with Gasteiger partial charge in [0.2, 0.25) is 6.08 Å². The van der Waals surface area contributed by atoms with Crippen LogP contribution in [0.4, 0.5) is 16.2 Å². The largest absolute Gasteiger partial charge is 0.500 e. The van der Waals surface area contributed by atoms with Crippen LogP contribution in [0, 0.1) is 27.7 Å². The fraction of sp³-hybridized carbons (Fsp3) is 0.415. The van der Waals surface area contributed by atoms with E-state index in [-0.39, 0.29) is 41.6 Å². The first kappa shape index (κ1) is 46.7. The predicted molar refractivity (Wildman–Crippen MR) is 231 cm³/mol. The third kappa shape index (κ3) is 11.0. The fourth-order valence-corrected chi connectivity index (χ4v) is 8.15. The number of ether oxygens (including phenoxy) is 2. The van der Waals surface area contributed by atoms with Crippen LogP contribution in [0.1, 0.15) is 28.7 Å². The van der Waals surface area contributed by atoms with E-state index in [1.807, 2.05) is 51.0 Å².